The fraction of sp³-hybridized carbons (Fsp3) is 0.400. The van der Waals surface area contributed by atoms with Crippen LogP contribution in [0.5, 0.6) is 0 Å². The monoisotopic (exact) mass is 254 g/mol. The lowest BCUT2D eigenvalue weighted by Gasteiger charge is -2.09. The molecule has 1 rings (SSSR count). The first-order valence-electron chi connectivity index (χ1n) is 2.52. The van der Waals surface area contributed by atoms with Crippen molar-refractivity contribution in [2.45, 2.75) is 4.05 Å². The van der Waals surface area contributed by atoms with Crippen molar-refractivity contribution in [3.05, 3.63) is 12.3 Å². The zero-order chi connectivity index (χ0) is 6.69. The first-order chi connectivity index (χ1) is 4.33. The molecule has 0 fully saturated rings. The molecule has 0 aliphatic carbocycles. The molecule has 0 aromatic rings. The van der Waals surface area contributed by atoms with E-state index in [2.05, 4.69) is 32.9 Å². The van der Waals surface area contributed by atoms with E-state index in [-0.39, 0.29) is 0 Å². The van der Waals surface area contributed by atoms with E-state index in [1.165, 1.54) is 0 Å². The molecule has 4 heteroatoms. The Kier molecular flexibility index (Phi) is 2.84. The third-order valence-electron chi connectivity index (χ3n) is 0.896. The smallest absolute Gasteiger partial charge is 0.161 e. The quantitative estimate of drug-likeness (QED) is 0.403. The summed E-state index contributed by atoms with van der Waals surface area (Å²) in [5.74, 6) is 0. The van der Waals surface area contributed by atoms with Crippen LogP contribution in [-0.4, -0.2) is 15.5 Å². The number of nitrogens with one attached hydrogen (secondary N) is 1. The maximum Gasteiger partial charge on any atom is 0.161 e. The fourth-order valence-electron chi connectivity index (χ4n) is 0.503. The maximum absolute atomic E-state index is 4.27. The molecule has 0 radical (unpaired) electrons. The number of amidine groups is 1. The molecule has 1 aliphatic heterocycles. The van der Waals surface area contributed by atoms with Gasteiger partial charge in [0.2, 0.25) is 0 Å². The van der Waals surface area contributed by atoms with Gasteiger partial charge in [-0.1, -0.05) is 34.4 Å². The number of rotatable bonds is 0. The van der Waals surface area contributed by atoms with Gasteiger partial charge in [-0.15, -0.1) is 0 Å². The van der Waals surface area contributed by atoms with Crippen molar-refractivity contribution in [2.75, 3.05) is 6.26 Å². The van der Waals surface area contributed by atoms with Gasteiger partial charge in [-0.3, -0.25) is 0 Å². The molecule has 9 heavy (non-hydrogen) atoms. The van der Waals surface area contributed by atoms with E-state index in [0.717, 1.165) is 5.17 Å². The molecule has 0 bridgehead atoms. The Bertz CT molecular complexity index is 155. The molecule has 0 spiro atoms. The standard InChI is InChI=1S/C5H7IN2S/c1-9-5-7-3-2-4(6)8-5/h2-4H,1H3,(H,7,8). The summed E-state index contributed by atoms with van der Waals surface area (Å²) in [5.41, 5.74) is 0. The van der Waals surface area contributed by atoms with Crippen LogP contribution in [0.2, 0.25) is 0 Å². The molecule has 1 N–H and O–H groups in total. The van der Waals surface area contributed by atoms with E-state index in [4.69, 9.17) is 0 Å². The summed E-state index contributed by atoms with van der Waals surface area (Å²) in [6.07, 6.45) is 5.95. The van der Waals surface area contributed by atoms with Crippen molar-refractivity contribution < 1.29 is 0 Å². The van der Waals surface area contributed by atoms with E-state index in [0.29, 0.717) is 4.05 Å². The van der Waals surface area contributed by atoms with Gasteiger partial charge in [-0.25, -0.2) is 4.99 Å². The van der Waals surface area contributed by atoms with Crippen LogP contribution in [0.4, 0.5) is 0 Å². The molecule has 50 valence electrons. The van der Waals surface area contributed by atoms with Crippen LogP contribution in [-0.2, 0) is 0 Å². The van der Waals surface area contributed by atoms with Crippen LogP contribution < -0.4 is 5.32 Å². The van der Waals surface area contributed by atoms with Crippen molar-refractivity contribution in [3.8, 4) is 0 Å². The van der Waals surface area contributed by atoms with E-state index >= 15 is 0 Å². The van der Waals surface area contributed by atoms with Crippen LogP contribution in [0.3, 0.4) is 0 Å². The largest absolute Gasteiger partial charge is 0.342 e. The van der Waals surface area contributed by atoms with Crippen molar-refractivity contribution in [3.63, 3.8) is 0 Å². The summed E-state index contributed by atoms with van der Waals surface area (Å²) in [7, 11) is 0. The minimum atomic E-state index is 0.311. The summed E-state index contributed by atoms with van der Waals surface area (Å²) in [6, 6.07) is 0. The molecule has 0 aromatic carbocycles. The van der Waals surface area contributed by atoms with Gasteiger partial charge in [-0.05, 0) is 12.3 Å². The van der Waals surface area contributed by atoms with Crippen LogP contribution >= 0.6 is 34.4 Å². The fourth-order valence-corrected chi connectivity index (χ4v) is 1.58. The van der Waals surface area contributed by atoms with E-state index in [9.17, 15) is 0 Å². The summed E-state index contributed by atoms with van der Waals surface area (Å²) in [6.45, 7) is 0. The van der Waals surface area contributed by atoms with E-state index in [1.807, 2.05) is 18.5 Å². The average Bonchev–Trinajstić information content (AvgIpc) is 1.88. The van der Waals surface area contributed by atoms with Crippen LogP contribution in [0, 0.1) is 0 Å². The lowest BCUT2D eigenvalue weighted by molar-refractivity contribution is 1.10. The van der Waals surface area contributed by atoms with Crippen LogP contribution in [0.25, 0.3) is 0 Å². The Hall–Kier alpha value is 0.290. The highest BCUT2D eigenvalue weighted by Crippen LogP contribution is 2.10. The van der Waals surface area contributed by atoms with Crippen molar-refractivity contribution >= 4 is 39.5 Å². The second-order valence-electron chi connectivity index (χ2n) is 1.51. The number of nitrogens with zero attached hydrogens (tertiary/aromatic N) is 1. The lowest BCUT2D eigenvalue weighted by atomic mass is 10.6. The Labute approximate surface area is 72.3 Å². The SMILES string of the molecule is CSC1=NC(I)C=CN1. The molecule has 1 unspecified atom stereocenters. The molecule has 0 saturated heterocycles. The second-order valence-corrected chi connectivity index (χ2v) is 3.59. The van der Waals surface area contributed by atoms with Gasteiger partial charge in [0, 0.05) is 6.20 Å². The molecule has 1 aliphatic rings. The number of thioether (sulfide) groups is 1. The minimum absolute atomic E-state index is 0.311. The first kappa shape index (κ1) is 7.40. The number of hydrogen-bond donors (Lipinski definition) is 1. The van der Waals surface area contributed by atoms with Crippen LogP contribution in [0.15, 0.2) is 17.3 Å². The number of alkyl halides is 1. The van der Waals surface area contributed by atoms with Gasteiger partial charge in [0.25, 0.3) is 0 Å². The zero-order valence-corrected chi connectivity index (χ0v) is 7.94. The molecular weight excluding hydrogens is 247 g/mol. The summed E-state index contributed by atoms with van der Waals surface area (Å²) < 4.78 is 0.311. The Balaban J connectivity index is 2.55. The van der Waals surface area contributed by atoms with Crippen molar-refractivity contribution in [1.29, 1.82) is 0 Å². The highest BCUT2D eigenvalue weighted by Gasteiger charge is 2.02. The lowest BCUT2D eigenvalue weighted by Crippen LogP contribution is -2.18. The highest BCUT2D eigenvalue weighted by atomic mass is 127. The second kappa shape index (κ2) is 3.46. The average molecular weight is 254 g/mol. The number of aliphatic imine (C=N–C) groups is 1. The Morgan fingerprint density at radius 2 is 2.67 bits per heavy atom. The van der Waals surface area contributed by atoms with Gasteiger partial charge in [0.05, 0.1) is 0 Å². The van der Waals surface area contributed by atoms with Crippen LogP contribution in [0.1, 0.15) is 0 Å². The van der Waals surface area contributed by atoms with Gasteiger partial charge in [0.1, 0.15) is 4.05 Å². The summed E-state index contributed by atoms with van der Waals surface area (Å²) >= 11 is 3.90. The zero-order valence-electron chi connectivity index (χ0n) is 4.97. The van der Waals surface area contributed by atoms with E-state index < -0.39 is 0 Å². The predicted molar refractivity (Wildman–Crippen MR) is 51.0 cm³/mol. The molecule has 0 amide bonds. The van der Waals surface area contributed by atoms with Gasteiger partial charge in [-0.2, -0.15) is 0 Å². The maximum atomic E-state index is 4.27. The normalized spacial score (nSPS) is 25.1. The van der Waals surface area contributed by atoms with Gasteiger partial charge >= 0.3 is 0 Å². The molecule has 0 saturated carbocycles. The van der Waals surface area contributed by atoms with Gasteiger partial charge in [0.15, 0.2) is 5.17 Å². The molecule has 1 heterocycles. The van der Waals surface area contributed by atoms with Crippen molar-refractivity contribution in [1.82, 2.24) is 5.32 Å². The summed E-state index contributed by atoms with van der Waals surface area (Å²) in [4.78, 5) is 4.27. The van der Waals surface area contributed by atoms with E-state index in [1.54, 1.807) is 11.8 Å². The summed E-state index contributed by atoms with van der Waals surface area (Å²) in [5, 5.41) is 4.02. The predicted octanol–water partition coefficient (Wildman–Crippen LogP) is 1.58. The Morgan fingerprint density at radius 3 is 3.11 bits per heavy atom. The minimum Gasteiger partial charge on any atom is -0.342 e. The topological polar surface area (TPSA) is 24.4 Å². The molecule has 0 aromatic heterocycles. The third-order valence-corrected chi connectivity index (χ3v) is 2.20. The number of hydrogen-bond acceptors (Lipinski definition) is 3. The van der Waals surface area contributed by atoms with Gasteiger partial charge < -0.3 is 5.32 Å². The molecular formula is C5H7IN2S. The third kappa shape index (κ3) is 2.17. The number of halogens is 1. The highest BCUT2D eigenvalue weighted by molar-refractivity contribution is 14.1. The van der Waals surface area contributed by atoms with Crippen molar-refractivity contribution in [2.24, 2.45) is 4.99 Å². The first-order valence-corrected chi connectivity index (χ1v) is 4.99. The molecule has 2 nitrogen and oxygen atoms in total. The Morgan fingerprint density at radius 1 is 1.89 bits per heavy atom. The molecule has 1 atom stereocenters.